The Labute approximate surface area is 103 Å². The Morgan fingerprint density at radius 1 is 1.24 bits per heavy atom. The second kappa shape index (κ2) is 17.7. The summed E-state index contributed by atoms with van der Waals surface area (Å²) in [7, 11) is 4.83. The number of carbonyl (C=O) groups excluding carboxylic acids is 1. The van der Waals surface area contributed by atoms with Crippen molar-refractivity contribution in [2.24, 2.45) is 0 Å². The molecule has 17 heavy (non-hydrogen) atoms. The van der Waals surface area contributed by atoms with Crippen LogP contribution >= 0.6 is 0 Å². The number of rotatable bonds is 4. The zero-order valence-electron chi connectivity index (χ0n) is 11.6. The van der Waals surface area contributed by atoms with E-state index in [1.165, 1.54) is 13.8 Å². The summed E-state index contributed by atoms with van der Waals surface area (Å²) < 4.78 is 13.7. The maximum Gasteiger partial charge on any atom is 0.302 e. The van der Waals surface area contributed by atoms with Crippen molar-refractivity contribution in [1.82, 2.24) is 0 Å². The molecule has 0 saturated carbocycles. The van der Waals surface area contributed by atoms with Crippen molar-refractivity contribution in [3.8, 4) is 0 Å². The quantitative estimate of drug-likeness (QED) is 0.697. The molecule has 106 valence electrons. The fourth-order valence-electron chi connectivity index (χ4n) is 0.303. The number of ether oxygens (including phenoxy) is 3. The first-order valence-electron chi connectivity index (χ1n) is 5.20. The largest absolute Gasteiger partial charge is 0.463 e. The Bertz CT molecular complexity index is 149. The Morgan fingerprint density at radius 2 is 1.59 bits per heavy atom. The summed E-state index contributed by atoms with van der Waals surface area (Å²) in [5.74, 6) is -0.265. The first kappa shape index (κ1) is 21.6. The highest BCUT2D eigenvalue weighted by Gasteiger charge is 1.99. The number of hydrogen-bond donors (Lipinski definition) is 2. The molecule has 0 radical (unpaired) electrons. The molecule has 6 heteroatoms. The van der Waals surface area contributed by atoms with E-state index in [9.17, 15) is 4.79 Å². The van der Waals surface area contributed by atoms with Crippen molar-refractivity contribution >= 4 is 5.97 Å². The van der Waals surface area contributed by atoms with Gasteiger partial charge in [-0.3, -0.25) is 4.79 Å². The summed E-state index contributed by atoms with van der Waals surface area (Å²) >= 11 is 0. The average molecular weight is 254 g/mol. The summed E-state index contributed by atoms with van der Waals surface area (Å²) in [5, 5.41) is 16.0. The first-order chi connectivity index (χ1) is 7.85. The fraction of sp³-hybridized carbons (Fsp3) is 0.909. The highest BCUT2D eigenvalue weighted by atomic mass is 16.6. The van der Waals surface area contributed by atoms with E-state index in [1.807, 2.05) is 6.92 Å². The topological polar surface area (TPSA) is 85.2 Å². The molecule has 6 nitrogen and oxygen atoms in total. The summed E-state index contributed by atoms with van der Waals surface area (Å²) in [5.41, 5.74) is 0. The Morgan fingerprint density at radius 3 is 1.76 bits per heavy atom. The second-order valence-corrected chi connectivity index (χ2v) is 3.29. The van der Waals surface area contributed by atoms with E-state index in [-0.39, 0.29) is 18.7 Å². The van der Waals surface area contributed by atoms with Crippen LogP contribution in [0, 0.1) is 0 Å². The van der Waals surface area contributed by atoms with Crippen LogP contribution in [0.2, 0.25) is 0 Å². The molecule has 2 unspecified atom stereocenters. The number of carbonyl (C=O) groups is 1. The number of methoxy groups -OCH3 is 2. The number of aliphatic hydroxyl groups excluding tert-OH is 2. The minimum absolute atomic E-state index is 0.00565. The van der Waals surface area contributed by atoms with Gasteiger partial charge >= 0.3 is 5.97 Å². The van der Waals surface area contributed by atoms with Crippen LogP contribution in [0.1, 0.15) is 20.8 Å². The molecule has 0 aromatic heterocycles. The normalized spacial score (nSPS) is 12.2. The molecular formula is C11H26O6. The van der Waals surface area contributed by atoms with Crippen molar-refractivity contribution in [3.63, 3.8) is 0 Å². The minimum Gasteiger partial charge on any atom is -0.463 e. The molecule has 0 spiro atoms. The molecule has 0 aliphatic rings. The van der Waals surface area contributed by atoms with Crippen LogP contribution in [0.3, 0.4) is 0 Å². The first-order valence-corrected chi connectivity index (χ1v) is 5.20. The second-order valence-electron chi connectivity index (χ2n) is 3.29. The van der Waals surface area contributed by atoms with Crippen LogP contribution in [-0.2, 0) is 19.0 Å². The van der Waals surface area contributed by atoms with Crippen LogP contribution in [0.15, 0.2) is 0 Å². The lowest BCUT2D eigenvalue weighted by Crippen LogP contribution is -2.15. The molecule has 0 amide bonds. The Hall–Kier alpha value is -0.690. The summed E-state index contributed by atoms with van der Waals surface area (Å²) in [6, 6.07) is 0. The zero-order chi connectivity index (χ0) is 14.3. The lowest BCUT2D eigenvalue weighted by Gasteiger charge is -2.07. The average Bonchev–Trinajstić information content (AvgIpc) is 2.27. The van der Waals surface area contributed by atoms with E-state index in [0.717, 1.165) is 0 Å². The summed E-state index contributed by atoms with van der Waals surface area (Å²) in [4.78, 5) is 10.2. The fourth-order valence-corrected chi connectivity index (χ4v) is 0.303. The van der Waals surface area contributed by atoms with Crippen molar-refractivity contribution in [2.75, 3.05) is 34.5 Å². The third-order valence-electron chi connectivity index (χ3n) is 1.19. The van der Waals surface area contributed by atoms with Crippen molar-refractivity contribution in [1.29, 1.82) is 0 Å². The van der Waals surface area contributed by atoms with Gasteiger partial charge in [-0.05, 0) is 13.8 Å². The predicted molar refractivity (Wildman–Crippen MR) is 64.8 cm³/mol. The van der Waals surface area contributed by atoms with Gasteiger partial charge in [0.2, 0.25) is 0 Å². The van der Waals surface area contributed by atoms with E-state index < -0.39 is 6.10 Å². The Balaban J connectivity index is -0.000000207. The van der Waals surface area contributed by atoms with Gasteiger partial charge in [-0.25, -0.2) is 0 Å². The number of hydrogen-bond acceptors (Lipinski definition) is 6. The van der Waals surface area contributed by atoms with Gasteiger partial charge in [-0.15, -0.1) is 0 Å². The smallest absolute Gasteiger partial charge is 0.302 e. The van der Waals surface area contributed by atoms with Gasteiger partial charge in [0.25, 0.3) is 0 Å². The van der Waals surface area contributed by atoms with Gasteiger partial charge in [0, 0.05) is 28.3 Å². The van der Waals surface area contributed by atoms with Gasteiger partial charge < -0.3 is 24.4 Å². The van der Waals surface area contributed by atoms with E-state index in [4.69, 9.17) is 14.9 Å². The van der Waals surface area contributed by atoms with Crippen LogP contribution in [0.4, 0.5) is 0 Å². The summed E-state index contributed by atoms with van der Waals surface area (Å²) in [6.45, 7) is 4.94. The standard InChI is InChI=1S/C6H12O3.C3H8O2.C2H6O/c1-5(8-3)4-9-6(2)7;1-3(5)2-4;1-3-2/h5H,4H2,1-3H3;3-5H,2H2,1H3;1-2H3. The molecule has 0 heterocycles. The SMILES string of the molecule is CC(O)CO.COC.COC(C)COC(C)=O. The van der Waals surface area contributed by atoms with Crippen LogP contribution in [0.25, 0.3) is 0 Å². The zero-order valence-corrected chi connectivity index (χ0v) is 11.6. The predicted octanol–water partition coefficient (Wildman–Crippen LogP) is 0.206. The van der Waals surface area contributed by atoms with Crippen molar-refractivity contribution in [3.05, 3.63) is 0 Å². The van der Waals surface area contributed by atoms with Crippen LogP contribution in [0.5, 0.6) is 0 Å². The highest BCUT2D eigenvalue weighted by Crippen LogP contribution is 1.88. The minimum atomic E-state index is -0.560. The van der Waals surface area contributed by atoms with Gasteiger partial charge in [0.05, 0.1) is 18.8 Å². The van der Waals surface area contributed by atoms with E-state index in [1.54, 1.807) is 21.3 Å². The third kappa shape index (κ3) is 39.3. The number of esters is 1. The number of aliphatic hydroxyl groups is 2. The van der Waals surface area contributed by atoms with E-state index >= 15 is 0 Å². The molecular weight excluding hydrogens is 228 g/mol. The third-order valence-corrected chi connectivity index (χ3v) is 1.19. The molecule has 2 N–H and O–H groups in total. The van der Waals surface area contributed by atoms with Crippen LogP contribution in [-0.4, -0.2) is 62.9 Å². The van der Waals surface area contributed by atoms with Gasteiger partial charge in [-0.2, -0.15) is 0 Å². The molecule has 0 rings (SSSR count). The van der Waals surface area contributed by atoms with Gasteiger partial charge in [-0.1, -0.05) is 0 Å². The maximum atomic E-state index is 10.2. The van der Waals surface area contributed by atoms with Crippen molar-refractivity contribution < 1.29 is 29.2 Å². The van der Waals surface area contributed by atoms with Gasteiger partial charge in [0.15, 0.2) is 0 Å². The molecule has 2 atom stereocenters. The molecule has 0 saturated heterocycles. The highest BCUT2D eigenvalue weighted by molar-refractivity contribution is 5.65. The molecule has 0 bridgehead atoms. The van der Waals surface area contributed by atoms with E-state index in [0.29, 0.717) is 6.61 Å². The lowest BCUT2D eigenvalue weighted by molar-refractivity contribution is -0.144. The summed E-state index contributed by atoms with van der Waals surface area (Å²) in [6.07, 6.45) is -0.566. The molecule has 0 aromatic rings. The van der Waals surface area contributed by atoms with E-state index in [2.05, 4.69) is 9.47 Å². The lowest BCUT2D eigenvalue weighted by atomic mass is 10.4. The van der Waals surface area contributed by atoms with Crippen LogP contribution < -0.4 is 0 Å². The maximum absolute atomic E-state index is 10.2. The monoisotopic (exact) mass is 254 g/mol. The molecule has 0 fully saturated rings. The molecule has 0 aromatic carbocycles. The van der Waals surface area contributed by atoms with Gasteiger partial charge in [0.1, 0.15) is 6.61 Å². The molecule has 0 aliphatic heterocycles. The molecule has 0 aliphatic carbocycles. The van der Waals surface area contributed by atoms with Crippen molar-refractivity contribution in [2.45, 2.75) is 33.0 Å². The Kier molecular flexibility index (Phi) is 22.5.